The van der Waals surface area contributed by atoms with Crippen molar-refractivity contribution in [3.05, 3.63) is 77.1 Å². The highest BCUT2D eigenvalue weighted by molar-refractivity contribution is 7.99. The number of nitrogens with zero attached hydrogens (tertiary/aromatic N) is 2. The lowest BCUT2D eigenvalue weighted by molar-refractivity contribution is -0.127. The van der Waals surface area contributed by atoms with Gasteiger partial charge in [-0.3, -0.25) is 14.2 Å². The van der Waals surface area contributed by atoms with Crippen LogP contribution in [-0.4, -0.2) is 34.2 Å². The van der Waals surface area contributed by atoms with Crippen LogP contribution in [0.1, 0.15) is 22.7 Å². The monoisotopic (exact) mass is 444 g/mol. The molecule has 0 aliphatic heterocycles. The van der Waals surface area contributed by atoms with Crippen molar-refractivity contribution in [2.75, 3.05) is 12.8 Å². The second kappa shape index (κ2) is 9.74. The van der Waals surface area contributed by atoms with Crippen LogP contribution in [-0.2, 0) is 9.59 Å². The Morgan fingerprint density at radius 3 is 2.45 bits per heavy atom. The first-order valence-electron chi connectivity index (χ1n) is 9.49. The molecule has 2 aromatic carbocycles. The van der Waals surface area contributed by atoms with E-state index in [0.29, 0.717) is 5.16 Å². The van der Waals surface area contributed by atoms with Gasteiger partial charge in [-0.25, -0.2) is 13.8 Å². The van der Waals surface area contributed by atoms with Crippen LogP contribution in [0, 0.1) is 25.5 Å². The lowest BCUT2D eigenvalue weighted by atomic mass is 10.1. The fourth-order valence-corrected chi connectivity index (χ4v) is 3.94. The maximum Gasteiger partial charge on any atom is 0.246 e. The van der Waals surface area contributed by atoms with E-state index in [0.717, 1.165) is 28.9 Å². The van der Waals surface area contributed by atoms with Crippen LogP contribution in [0.4, 0.5) is 8.78 Å². The van der Waals surface area contributed by atoms with Crippen molar-refractivity contribution >= 4 is 23.6 Å². The van der Waals surface area contributed by atoms with Crippen LogP contribution in [0.2, 0.25) is 0 Å². The molecule has 162 valence electrons. The summed E-state index contributed by atoms with van der Waals surface area (Å²) in [6, 6.07) is 8.04. The number of aryl methyl sites for hydroxylation is 2. The Balaban J connectivity index is 1.72. The lowest BCUT2D eigenvalue weighted by Gasteiger charge is -2.18. The second-order valence-electron chi connectivity index (χ2n) is 7.00. The van der Waals surface area contributed by atoms with Gasteiger partial charge in [0.25, 0.3) is 0 Å². The zero-order valence-electron chi connectivity index (χ0n) is 17.3. The van der Waals surface area contributed by atoms with Crippen molar-refractivity contribution in [1.82, 2.24) is 20.2 Å². The molecule has 0 aliphatic rings. The van der Waals surface area contributed by atoms with Gasteiger partial charge in [0.2, 0.25) is 11.8 Å². The van der Waals surface area contributed by atoms with Crippen LogP contribution < -0.4 is 10.6 Å². The van der Waals surface area contributed by atoms with Gasteiger partial charge in [0.05, 0.1) is 5.75 Å². The number of halogens is 2. The molecule has 0 saturated carbocycles. The van der Waals surface area contributed by atoms with Crippen LogP contribution >= 0.6 is 11.8 Å². The Labute approximate surface area is 183 Å². The number of benzene rings is 2. The van der Waals surface area contributed by atoms with Crippen molar-refractivity contribution in [3.63, 3.8) is 0 Å². The molecule has 0 fully saturated rings. The minimum atomic E-state index is -1.15. The van der Waals surface area contributed by atoms with Crippen molar-refractivity contribution in [1.29, 1.82) is 0 Å². The molecule has 3 rings (SSSR count). The van der Waals surface area contributed by atoms with Crippen LogP contribution in [0.25, 0.3) is 5.69 Å². The molecule has 2 N–H and O–H groups in total. The Morgan fingerprint density at radius 2 is 1.81 bits per heavy atom. The number of amides is 2. The highest BCUT2D eigenvalue weighted by Crippen LogP contribution is 2.23. The molecule has 0 spiro atoms. The zero-order chi connectivity index (χ0) is 22.5. The van der Waals surface area contributed by atoms with Crippen molar-refractivity contribution in [2.45, 2.75) is 25.0 Å². The molecule has 31 heavy (non-hydrogen) atoms. The topological polar surface area (TPSA) is 76.0 Å². The van der Waals surface area contributed by atoms with Gasteiger partial charge >= 0.3 is 0 Å². The summed E-state index contributed by atoms with van der Waals surface area (Å²) in [5.74, 6) is -3.12. The van der Waals surface area contributed by atoms with E-state index < -0.39 is 29.5 Å². The normalized spacial score (nSPS) is 11.8. The maximum absolute atomic E-state index is 13.6. The third-order valence-electron chi connectivity index (χ3n) is 4.51. The van der Waals surface area contributed by atoms with Crippen LogP contribution in [0.15, 0.2) is 53.9 Å². The quantitative estimate of drug-likeness (QED) is 0.548. The number of carbonyl (C=O) groups excluding carboxylic acids is 2. The SMILES string of the molecule is CNC(=O)C(NC(=O)CSc1nccn1-c1cc(C)cc(C)c1)c1ccc(F)c(F)c1. The molecular formula is C22H22F2N4O2S. The highest BCUT2D eigenvalue weighted by Gasteiger charge is 2.23. The summed E-state index contributed by atoms with van der Waals surface area (Å²) in [5, 5.41) is 5.61. The Kier molecular flexibility index (Phi) is 7.06. The van der Waals surface area contributed by atoms with Crippen LogP contribution in [0.3, 0.4) is 0 Å². The molecule has 0 aliphatic carbocycles. The predicted octanol–water partition coefficient (Wildman–Crippen LogP) is 3.46. The third kappa shape index (κ3) is 5.49. The second-order valence-corrected chi connectivity index (χ2v) is 7.95. The highest BCUT2D eigenvalue weighted by atomic mass is 32.2. The molecule has 0 bridgehead atoms. The predicted molar refractivity (Wildman–Crippen MR) is 115 cm³/mol. The van der Waals surface area contributed by atoms with Gasteiger partial charge in [-0.05, 0) is 54.8 Å². The molecule has 1 heterocycles. The number of rotatable bonds is 7. The van der Waals surface area contributed by atoms with Gasteiger partial charge in [0, 0.05) is 25.1 Å². The summed E-state index contributed by atoms with van der Waals surface area (Å²) < 4.78 is 28.7. The summed E-state index contributed by atoms with van der Waals surface area (Å²) in [6.07, 6.45) is 3.45. The molecule has 1 aromatic heterocycles. The lowest BCUT2D eigenvalue weighted by Crippen LogP contribution is -2.39. The fourth-order valence-electron chi connectivity index (χ4n) is 3.15. The third-order valence-corrected chi connectivity index (χ3v) is 5.48. The first-order valence-corrected chi connectivity index (χ1v) is 10.5. The molecular weight excluding hydrogens is 422 g/mol. The van der Waals surface area contributed by atoms with E-state index in [1.165, 1.54) is 24.9 Å². The van der Waals surface area contributed by atoms with E-state index in [2.05, 4.69) is 21.7 Å². The Morgan fingerprint density at radius 1 is 1.10 bits per heavy atom. The van der Waals surface area contributed by atoms with Crippen LogP contribution in [0.5, 0.6) is 0 Å². The standard InChI is InChI=1S/C22H22F2N4O2S/c1-13-8-14(2)10-16(9-13)28-7-6-26-22(28)31-12-19(29)27-20(21(30)25-3)15-4-5-17(23)18(24)11-15/h4-11,20H,12H2,1-3H3,(H,25,30)(H,27,29). The Hall–Kier alpha value is -3.20. The smallest absolute Gasteiger partial charge is 0.246 e. The van der Waals surface area contributed by atoms with Crippen molar-refractivity contribution in [3.8, 4) is 5.69 Å². The number of hydrogen-bond donors (Lipinski definition) is 2. The van der Waals surface area contributed by atoms with E-state index in [1.807, 2.05) is 36.7 Å². The summed E-state index contributed by atoms with van der Waals surface area (Å²) >= 11 is 1.20. The molecule has 3 aromatic rings. The van der Waals surface area contributed by atoms with E-state index in [9.17, 15) is 18.4 Å². The first kappa shape index (κ1) is 22.5. The molecule has 6 nitrogen and oxygen atoms in total. The van der Waals surface area contributed by atoms with E-state index in [1.54, 1.807) is 6.20 Å². The van der Waals surface area contributed by atoms with Gasteiger partial charge in [-0.15, -0.1) is 0 Å². The minimum absolute atomic E-state index is 0.0149. The molecule has 0 radical (unpaired) electrons. The van der Waals surface area contributed by atoms with Gasteiger partial charge < -0.3 is 10.6 Å². The maximum atomic E-state index is 13.6. The fraction of sp³-hybridized carbons (Fsp3) is 0.227. The number of nitrogens with one attached hydrogen (secondary N) is 2. The summed E-state index contributed by atoms with van der Waals surface area (Å²) in [4.78, 5) is 29.1. The number of imidazole rings is 1. The number of likely N-dealkylation sites (N-methyl/N-ethyl adjacent to an activating group) is 1. The molecule has 1 atom stereocenters. The average Bonchev–Trinajstić information content (AvgIpc) is 3.20. The first-order chi connectivity index (χ1) is 14.8. The number of aromatic nitrogens is 2. The Bertz CT molecular complexity index is 1100. The van der Waals surface area contributed by atoms with E-state index >= 15 is 0 Å². The largest absolute Gasteiger partial charge is 0.357 e. The van der Waals surface area contributed by atoms with Gasteiger partial charge in [-0.2, -0.15) is 0 Å². The summed E-state index contributed by atoms with van der Waals surface area (Å²) in [6.45, 7) is 4.01. The van der Waals surface area contributed by atoms with Gasteiger partial charge in [0.15, 0.2) is 16.8 Å². The van der Waals surface area contributed by atoms with E-state index in [4.69, 9.17) is 0 Å². The van der Waals surface area contributed by atoms with Crippen molar-refractivity contribution < 1.29 is 18.4 Å². The molecule has 2 amide bonds. The summed E-state index contributed by atoms with van der Waals surface area (Å²) in [7, 11) is 1.40. The van der Waals surface area contributed by atoms with Gasteiger partial charge in [0.1, 0.15) is 6.04 Å². The summed E-state index contributed by atoms with van der Waals surface area (Å²) in [5.41, 5.74) is 3.30. The molecule has 9 heteroatoms. The van der Waals surface area contributed by atoms with Gasteiger partial charge in [-0.1, -0.05) is 23.9 Å². The number of hydrogen-bond acceptors (Lipinski definition) is 4. The van der Waals surface area contributed by atoms with E-state index in [-0.39, 0.29) is 11.3 Å². The number of thioether (sulfide) groups is 1. The molecule has 0 saturated heterocycles. The average molecular weight is 445 g/mol. The van der Waals surface area contributed by atoms with Crippen molar-refractivity contribution in [2.24, 2.45) is 0 Å². The molecule has 1 unspecified atom stereocenters. The minimum Gasteiger partial charge on any atom is -0.357 e. The zero-order valence-corrected chi connectivity index (χ0v) is 18.1. The number of carbonyl (C=O) groups is 2.